The van der Waals surface area contributed by atoms with E-state index in [2.05, 4.69) is 10.6 Å². The van der Waals surface area contributed by atoms with E-state index >= 15 is 0 Å². The second-order valence-corrected chi connectivity index (χ2v) is 7.61. The van der Waals surface area contributed by atoms with Crippen molar-refractivity contribution < 1.29 is 19.1 Å². The lowest BCUT2D eigenvalue weighted by Crippen LogP contribution is -2.47. The molecule has 8 heteroatoms. The number of carbonyl (C=O) groups excluding carboxylic acids is 2. The molecular weight excluding hydrogens is 390 g/mol. The number of rotatable bonds is 8. The maximum Gasteiger partial charge on any atom is 0.338 e. The minimum atomic E-state index is -0.423. The highest BCUT2D eigenvalue weighted by atomic mass is 32.1. The van der Waals surface area contributed by atoms with Gasteiger partial charge in [-0.25, -0.2) is 4.79 Å². The van der Waals surface area contributed by atoms with Crippen LogP contribution < -0.4 is 10.6 Å². The van der Waals surface area contributed by atoms with Crippen molar-refractivity contribution in [2.45, 2.75) is 33.7 Å². The van der Waals surface area contributed by atoms with Gasteiger partial charge >= 0.3 is 5.97 Å². The Morgan fingerprint density at radius 2 is 1.93 bits per heavy atom. The molecule has 29 heavy (non-hydrogen) atoms. The molecular formula is C21H29N3O4S. The van der Waals surface area contributed by atoms with E-state index in [4.69, 9.17) is 21.7 Å². The van der Waals surface area contributed by atoms with E-state index in [1.54, 1.807) is 12.1 Å². The third kappa shape index (κ3) is 5.77. The van der Waals surface area contributed by atoms with Crippen LogP contribution in [0.1, 0.15) is 39.3 Å². The topological polar surface area (TPSA) is 79.9 Å². The van der Waals surface area contributed by atoms with Crippen LogP contribution >= 0.6 is 12.2 Å². The van der Waals surface area contributed by atoms with Crippen LogP contribution in [0.15, 0.2) is 35.5 Å². The average Bonchev–Trinajstić information content (AvgIpc) is 2.66. The highest BCUT2D eigenvalue weighted by Crippen LogP contribution is 2.32. The van der Waals surface area contributed by atoms with E-state index in [1.807, 2.05) is 44.7 Å². The maximum atomic E-state index is 12.9. The van der Waals surface area contributed by atoms with Gasteiger partial charge in [0.15, 0.2) is 5.11 Å². The summed E-state index contributed by atoms with van der Waals surface area (Å²) in [5.41, 5.74) is 2.82. The lowest BCUT2D eigenvalue weighted by Gasteiger charge is -2.37. The molecule has 0 radical (unpaired) electrons. The first-order chi connectivity index (χ1) is 13.8. The fourth-order valence-electron chi connectivity index (χ4n) is 3.08. The number of carbonyl (C=O) groups is 2. The molecule has 1 aromatic rings. The molecule has 1 atom stereocenters. The summed E-state index contributed by atoms with van der Waals surface area (Å²) in [5, 5.41) is 6.57. The molecule has 0 aliphatic carbocycles. The molecule has 0 bridgehead atoms. The molecule has 0 saturated carbocycles. The van der Waals surface area contributed by atoms with Crippen LogP contribution in [0, 0.1) is 5.92 Å². The van der Waals surface area contributed by atoms with E-state index < -0.39 is 6.04 Å². The minimum Gasteiger partial charge on any atom is -0.462 e. The van der Waals surface area contributed by atoms with Gasteiger partial charge in [0.2, 0.25) is 5.91 Å². The number of ether oxygens (including phenoxy) is 2. The Bertz CT molecular complexity index is 790. The summed E-state index contributed by atoms with van der Waals surface area (Å²) in [6, 6.07) is 6.85. The first kappa shape index (κ1) is 22.8. The number of amides is 1. The highest BCUT2D eigenvalue weighted by Gasteiger charge is 2.34. The SMILES string of the molecule is CCN1C(=S)NC(c2ccc(NC(=O)COC)cc2)C(C(=O)OCC(C)C)=C1C. The molecule has 2 rings (SSSR count). The number of methoxy groups -OCH3 is 1. The number of anilines is 1. The molecule has 1 amide bonds. The summed E-state index contributed by atoms with van der Waals surface area (Å²) in [6.45, 7) is 8.84. The second-order valence-electron chi connectivity index (χ2n) is 7.22. The van der Waals surface area contributed by atoms with E-state index in [0.29, 0.717) is 29.5 Å². The van der Waals surface area contributed by atoms with Gasteiger partial charge in [-0.2, -0.15) is 0 Å². The zero-order chi connectivity index (χ0) is 21.6. The Morgan fingerprint density at radius 1 is 1.28 bits per heavy atom. The van der Waals surface area contributed by atoms with Crippen LogP contribution in [0.4, 0.5) is 5.69 Å². The third-order valence-corrected chi connectivity index (χ3v) is 4.82. The Balaban J connectivity index is 2.32. The fraction of sp³-hybridized carbons (Fsp3) is 0.476. The largest absolute Gasteiger partial charge is 0.462 e. The number of hydrogen-bond acceptors (Lipinski definition) is 5. The Kier molecular flexibility index (Phi) is 8.16. The van der Waals surface area contributed by atoms with Gasteiger partial charge < -0.3 is 25.0 Å². The smallest absolute Gasteiger partial charge is 0.338 e. The Morgan fingerprint density at radius 3 is 2.48 bits per heavy atom. The van der Waals surface area contributed by atoms with Crippen LogP contribution in [0.3, 0.4) is 0 Å². The number of allylic oxidation sites excluding steroid dienone is 1. The van der Waals surface area contributed by atoms with Crippen LogP contribution in [0.25, 0.3) is 0 Å². The molecule has 0 fully saturated rings. The van der Waals surface area contributed by atoms with Crippen LogP contribution in [0.5, 0.6) is 0 Å². The minimum absolute atomic E-state index is 0.0131. The van der Waals surface area contributed by atoms with Crippen molar-refractivity contribution in [2.75, 3.05) is 32.2 Å². The normalized spacial score (nSPS) is 16.7. The van der Waals surface area contributed by atoms with Gasteiger partial charge in [0.05, 0.1) is 18.2 Å². The summed E-state index contributed by atoms with van der Waals surface area (Å²) in [6.07, 6.45) is 0. The molecule has 1 aromatic carbocycles. The number of esters is 1. The zero-order valence-corrected chi connectivity index (χ0v) is 18.4. The number of benzene rings is 1. The predicted octanol–water partition coefficient (Wildman–Crippen LogP) is 3.00. The van der Waals surface area contributed by atoms with E-state index in [9.17, 15) is 9.59 Å². The number of thiocarbonyl (C=S) groups is 1. The molecule has 0 saturated heterocycles. The molecule has 0 aromatic heterocycles. The van der Waals surface area contributed by atoms with Crippen molar-refractivity contribution in [1.82, 2.24) is 10.2 Å². The Labute approximate surface area is 177 Å². The number of nitrogens with zero attached hydrogens (tertiary/aromatic N) is 1. The van der Waals surface area contributed by atoms with Crippen LogP contribution in [0.2, 0.25) is 0 Å². The molecule has 158 valence electrons. The first-order valence-corrected chi connectivity index (χ1v) is 10.0. The summed E-state index contributed by atoms with van der Waals surface area (Å²) >= 11 is 5.50. The summed E-state index contributed by atoms with van der Waals surface area (Å²) in [5.74, 6) is -0.343. The van der Waals surface area contributed by atoms with Gasteiger partial charge in [-0.3, -0.25) is 4.79 Å². The molecule has 2 N–H and O–H groups in total. The molecule has 7 nitrogen and oxygen atoms in total. The van der Waals surface area contributed by atoms with Gasteiger partial charge in [-0.05, 0) is 49.7 Å². The monoisotopic (exact) mass is 419 g/mol. The van der Waals surface area contributed by atoms with Crippen molar-refractivity contribution in [3.05, 3.63) is 41.1 Å². The fourth-order valence-corrected chi connectivity index (χ4v) is 3.47. The van der Waals surface area contributed by atoms with Gasteiger partial charge in [-0.1, -0.05) is 26.0 Å². The van der Waals surface area contributed by atoms with Gasteiger partial charge in [0.1, 0.15) is 6.61 Å². The van der Waals surface area contributed by atoms with E-state index in [-0.39, 0.29) is 24.4 Å². The summed E-state index contributed by atoms with van der Waals surface area (Å²) in [7, 11) is 1.47. The van der Waals surface area contributed by atoms with Gasteiger partial charge in [-0.15, -0.1) is 0 Å². The molecule has 1 unspecified atom stereocenters. The van der Waals surface area contributed by atoms with Crippen molar-refractivity contribution >= 4 is 34.9 Å². The molecule has 0 spiro atoms. The standard InChI is InChI=1S/C21H29N3O4S/c1-6-24-14(4)18(20(26)28-11-13(2)3)19(23-21(24)29)15-7-9-16(10-8-15)22-17(25)12-27-5/h7-10,13,19H,6,11-12H2,1-5H3,(H,22,25)(H,23,29). The van der Waals surface area contributed by atoms with Crippen molar-refractivity contribution in [3.63, 3.8) is 0 Å². The highest BCUT2D eigenvalue weighted by molar-refractivity contribution is 7.80. The van der Waals surface area contributed by atoms with Gasteiger partial charge in [0, 0.05) is 25.0 Å². The predicted molar refractivity (Wildman–Crippen MR) is 116 cm³/mol. The van der Waals surface area contributed by atoms with Crippen LogP contribution in [-0.4, -0.2) is 48.8 Å². The third-order valence-electron chi connectivity index (χ3n) is 4.48. The lowest BCUT2D eigenvalue weighted by atomic mass is 9.94. The van der Waals surface area contributed by atoms with Crippen molar-refractivity contribution in [2.24, 2.45) is 5.92 Å². The van der Waals surface area contributed by atoms with Crippen molar-refractivity contribution in [3.8, 4) is 0 Å². The molecule has 1 aliphatic heterocycles. The summed E-state index contributed by atoms with van der Waals surface area (Å²) in [4.78, 5) is 26.5. The Hall–Kier alpha value is -2.45. The average molecular weight is 420 g/mol. The lowest BCUT2D eigenvalue weighted by molar-refractivity contribution is -0.140. The van der Waals surface area contributed by atoms with Crippen molar-refractivity contribution in [1.29, 1.82) is 0 Å². The zero-order valence-electron chi connectivity index (χ0n) is 17.6. The van der Waals surface area contributed by atoms with Gasteiger partial charge in [0.25, 0.3) is 0 Å². The van der Waals surface area contributed by atoms with E-state index in [1.165, 1.54) is 7.11 Å². The summed E-state index contributed by atoms with van der Waals surface area (Å²) < 4.78 is 10.3. The van der Waals surface area contributed by atoms with E-state index in [0.717, 1.165) is 11.3 Å². The second kappa shape index (κ2) is 10.4. The van der Waals surface area contributed by atoms with Crippen LogP contribution in [-0.2, 0) is 19.1 Å². The maximum absolute atomic E-state index is 12.9. The quantitative estimate of drug-likeness (QED) is 0.495. The number of hydrogen-bond donors (Lipinski definition) is 2. The number of nitrogens with one attached hydrogen (secondary N) is 2. The molecule has 1 heterocycles. The molecule has 1 aliphatic rings. The first-order valence-electron chi connectivity index (χ1n) is 9.63.